The second kappa shape index (κ2) is 8.12. The fourth-order valence-electron chi connectivity index (χ4n) is 3.12. The second-order valence-electron chi connectivity index (χ2n) is 6.67. The first-order chi connectivity index (χ1) is 13.6. The maximum absolute atomic E-state index is 12.3. The zero-order chi connectivity index (χ0) is 19.5. The fourth-order valence-corrected chi connectivity index (χ4v) is 3.62. The van der Waals surface area contributed by atoms with Crippen LogP contribution in [0.15, 0.2) is 59.5 Å². The van der Waals surface area contributed by atoms with Crippen LogP contribution < -0.4 is 10.1 Å². The minimum absolute atomic E-state index is 0.275. The maximum atomic E-state index is 12.3. The van der Waals surface area contributed by atoms with E-state index in [0.29, 0.717) is 18.8 Å². The summed E-state index contributed by atoms with van der Waals surface area (Å²) in [5.74, 6) is 0.514. The van der Waals surface area contributed by atoms with Crippen molar-refractivity contribution in [3.63, 3.8) is 0 Å². The van der Waals surface area contributed by atoms with Crippen molar-refractivity contribution in [1.29, 1.82) is 0 Å². The Kier molecular flexibility index (Phi) is 5.40. The van der Waals surface area contributed by atoms with Crippen LogP contribution in [0.2, 0.25) is 0 Å². The van der Waals surface area contributed by atoms with E-state index in [2.05, 4.69) is 38.3 Å². The Morgan fingerprint density at radius 3 is 2.68 bits per heavy atom. The Hall–Kier alpha value is -2.71. The van der Waals surface area contributed by atoms with Crippen LogP contribution in [0, 0.1) is 0 Å². The predicted octanol–water partition coefficient (Wildman–Crippen LogP) is 3.49. The molecule has 0 bridgehead atoms. The number of carbonyl (C=O) groups is 1. The summed E-state index contributed by atoms with van der Waals surface area (Å²) in [6, 6.07) is 11.4. The van der Waals surface area contributed by atoms with Crippen molar-refractivity contribution in [3.8, 4) is 22.7 Å². The molecular formula is C20H20BrN5O2. The summed E-state index contributed by atoms with van der Waals surface area (Å²) in [6.45, 7) is 4.14. The van der Waals surface area contributed by atoms with Crippen molar-refractivity contribution >= 4 is 22.0 Å². The molecule has 0 aliphatic carbocycles. The van der Waals surface area contributed by atoms with Crippen LogP contribution in [0.3, 0.4) is 0 Å². The number of ether oxygens (including phenoxy) is 1. The Morgan fingerprint density at radius 2 is 1.96 bits per heavy atom. The molecule has 1 atom stereocenters. The molecule has 1 aliphatic heterocycles. The lowest BCUT2D eigenvalue weighted by Gasteiger charge is -2.30. The number of rotatable bonds is 3. The number of amides is 1. The lowest BCUT2D eigenvalue weighted by molar-refractivity contribution is 0.137. The number of piperazine rings is 1. The third kappa shape index (κ3) is 4.07. The summed E-state index contributed by atoms with van der Waals surface area (Å²) in [5, 5.41) is 7.95. The molecule has 0 radical (unpaired) electrons. The van der Waals surface area contributed by atoms with Gasteiger partial charge < -0.3 is 15.0 Å². The first-order valence-electron chi connectivity index (χ1n) is 9.06. The molecule has 1 aliphatic rings. The van der Waals surface area contributed by atoms with Gasteiger partial charge in [0, 0.05) is 49.8 Å². The monoisotopic (exact) mass is 441 g/mol. The number of carbonyl (C=O) groups excluding carboxylic acids is 1. The Bertz CT molecular complexity index is 958. The third-order valence-electron chi connectivity index (χ3n) is 4.56. The minimum atomic E-state index is -0.317. The molecule has 1 saturated heterocycles. The smallest absolute Gasteiger partial charge is 0.410 e. The zero-order valence-electron chi connectivity index (χ0n) is 15.4. The Morgan fingerprint density at radius 1 is 1.21 bits per heavy atom. The number of hydrogen-bond donors (Lipinski definition) is 1. The van der Waals surface area contributed by atoms with E-state index in [1.807, 2.05) is 30.5 Å². The van der Waals surface area contributed by atoms with Gasteiger partial charge in [-0.05, 0) is 59.3 Å². The van der Waals surface area contributed by atoms with Gasteiger partial charge in [-0.15, -0.1) is 0 Å². The molecule has 0 saturated carbocycles. The van der Waals surface area contributed by atoms with Crippen LogP contribution in [0.4, 0.5) is 4.79 Å². The van der Waals surface area contributed by atoms with Gasteiger partial charge in [0.25, 0.3) is 0 Å². The van der Waals surface area contributed by atoms with Gasteiger partial charge in [-0.25, -0.2) is 9.48 Å². The Labute approximate surface area is 171 Å². The van der Waals surface area contributed by atoms with E-state index in [-0.39, 0.29) is 12.1 Å². The third-order valence-corrected chi connectivity index (χ3v) is 5.14. The maximum Gasteiger partial charge on any atom is 0.415 e. The van der Waals surface area contributed by atoms with Crippen LogP contribution in [0.25, 0.3) is 16.9 Å². The molecule has 2 aromatic heterocycles. The van der Waals surface area contributed by atoms with Gasteiger partial charge in [0.05, 0.1) is 10.2 Å². The highest BCUT2D eigenvalue weighted by Crippen LogP contribution is 2.28. The molecule has 3 heterocycles. The lowest BCUT2D eigenvalue weighted by Crippen LogP contribution is -2.52. The summed E-state index contributed by atoms with van der Waals surface area (Å²) in [6.07, 6.45) is 5.06. The first kappa shape index (κ1) is 18.6. The largest absolute Gasteiger partial charge is 0.415 e. The van der Waals surface area contributed by atoms with E-state index < -0.39 is 0 Å². The van der Waals surface area contributed by atoms with Gasteiger partial charge in [-0.2, -0.15) is 5.10 Å². The lowest BCUT2D eigenvalue weighted by atomic mass is 10.2. The summed E-state index contributed by atoms with van der Waals surface area (Å²) in [7, 11) is 0. The van der Waals surface area contributed by atoms with Crippen LogP contribution >= 0.6 is 15.9 Å². The molecule has 7 nitrogen and oxygen atoms in total. The van der Waals surface area contributed by atoms with Gasteiger partial charge in [0.15, 0.2) is 0 Å². The molecule has 1 fully saturated rings. The molecule has 8 heteroatoms. The average molecular weight is 442 g/mol. The fraction of sp³-hybridized carbons (Fsp3) is 0.250. The highest BCUT2D eigenvalue weighted by atomic mass is 79.9. The predicted molar refractivity (Wildman–Crippen MR) is 110 cm³/mol. The van der Waals surface area contributed by atoms with Crippen molar-refractivity contribution < 1.29 is 9.53 Å². The molecule has 28 heavy (non-hydrogen) atoms. The van der Waals surface area contributed by atoms with E-state index in [9.17, 15) is 4.79 Å². The van der Waals surface area contributed by atoms with Crippen LogP contribution in [0.1, 0.15) is 6.92 Å². The number of benzene rings is 1. The molecule has 0 spiro atoms. The molecular weight excluding hydrogens is 422 g/mol. The summed E-state index contributed by atoms with van der Waals surface area (Å²) in [5.41, 5.74) is 2.69. The van der Waals surface area contributed by atoms with Crippen LogP contribution in [-0.2, 0) is 0 Å². The number of aromatic nitrogens is 3. The van der Waals surface area contributed by atoms with Crippen molar-refractivity contribution in [2.75, 3.05) is 19.6 Å². The topological polar surface area (TPSA) is 72.3 Å². The number of hydrogen-bond acceptors (Lipinski definition) is 5. The summed E-state index contributed by atoms with van der Waals surface area (Å²) in [4.78, 5) is 18.1. The molecule has 1 aromatic carbocycles. The van der Waals surface area contributed by atoms with Crippen LogP contribution in [0.5, 0.6) is 5.75 Å². The van der Waals surface area contributed by atoms with Gasteiger partial charge in [-0.3, -0.25) is 4.98 Å². The van der Waals surface area contributed by atoms with E-state index >= 15 is 0 Å². The number of nitrogens with zero attached hydrogens (tertiary/aromatic N) is 4. The number of pyridine rings is 1. The van der Waals surface area contributed by atoms with Gasteiger partial charge in [-0.1, -0.05) is 0 Å². The minimum Gasteiger partial charge on any atom is -0.410 e. The van der Waals surface area contributed by atoms with E-state index in [0.717, 1.165) is 28.0 Å². The normalized spacial score (nSPS) is 16.8. The summed E-state index contributed by atoms with van der Waals surface area (Å²) >= 11 is 3.56. The van der Waals surface area contributed by atoms with Crippen LogP contribution in [-0.4, -0.2) is 51.4 Å². The number of halogens is 1. The zero-order valence-corrected chi connectivity index (χ0v) is 17.0. The first-order valence-corrected chi connectivity index (χ1v) is 9.85. The molecule has 1 amide bonds. The molecule has 1 unspecified atom stereocenters. The van der Waals surface area contributed by atoms with Crippen molar-refractivity contribution in [2.45, 2.75) is 13.0 Å². The average Bonchev–Trinajstić information content (AvgIpc) is 3.11. The second-order valence-corrected chi connectivity index (χ2v) is 7.52. The van der Waals surface area contributed by atoms with E-state index in [4.69, 9.17) is 4.74 Å². The SMILES string of the molecule is CC1CN(C(=O)Oc2ccc(-n3cc(Br)c(-c4ccncc4)n3)cc2)CCN1. The summed E-state index contributed by atoms with van der Waals surface area (Å²) < 4.78 is 8.18. The van der Waals surface area contributed by atoms with Crippen molar-refractivity contribution in [3.05, 3.63) is 59.5 Å². The highest BCUT2D eigenvalue weighted by Gasteiger charge is 2.22. The van der Waals surface area contributed by atoms with Gasteiger partial charge >= 0.3 is 6.09 Å². The van der Waals surface area contributed by atoms with E-state index in [1.165, 1.54) is 0 Å². The van der Waals surface area contributed by atoms with Crippen molar-refractivity contribution in [2.24, 2.45) is 0 Å². The van der Waals surface area contributed by atoms with Crippen molar-refractivity contribution in [1.82, 2.24) is 25.0 Å². The van der Waals surface area contributed by atoms with Gasteiger partial charge in [0.2, 0.25) is 0 Å². The standard InChI is InChI=1S/C20H20BrN5O2/c1-14-12-25(11-10-23-14)20(27)28-17-4-2-16(3-5-17)26-13-18(21)19(24-26)15-6-8-22-9-7-15/h2-9,13-14,23H,10-12H2,1H3. The number of nitrogens with one attached hydrogen (secondary N) is 1. The Balaban J connectivity index is 1.47. The van der Waals surface area contributed by atoms with Gasteiger partial charge in [0.1, 0.15) is 11.4 Å². The molecule has 144 valence electrons. The molecule has 1 N–H and O–H groups in total. The quantitative estimate of drug-likeness (QED) is 0.673. The highest BCUT2D eigenvalue weighted by molar-refractivity contribution is 9.10. The van der Waals surface area contributed by atoms with E-state index in [1.54, 1.807) is 34.1 Å². The molecule has 4 rings (SSSR count). The molecule has 3 aromatic rings.